The summed E-state index contributed by atoms with van der Waals surface area (Å²) in [5.41, 5.74) is 5.49. The molecule has 1 aliphatic rings. The van der Waals surface area contributed by atoms with Gasteiger partial charge < -0.3 is 10.5 Å². The summed E-state index contributed by atoms with van der Waals surface area (Å²) in [7, 11) is 0. The van der Waals surface area contributed by atoms with E-state index in [2.05, 4.69) is 0 Å². The third-order valence-electron chi connectivity index (χ3n) is 3.42. The zero-order valence-corrected chi connectivity index (χ0v) is 10.3. The van der Waals surface area contributed by atoms with Gasteiger partial charge in [0.2, 0.25) is 0 Å². The lowest BCUT2D eigenvalue weighted by molar-refractivity contribution is -0.156. The molecule has 1 heterocycles. The van der Waals surface area contributed by atoms with Gasteiger partial charge in [0, 0.05) is 10.9 Å². The number of nitrogens with two attached hydrogens (primary N) is 1. The van der Waals surface area contributed by atoms with E-state index in [0.717, 1.165) is 24.1 Å². The third kappa shape index (κ3) is 2.13. The van der Waals surface area contributed by atoms with Gasteiger partial charge in [0.05, 0.1) is 5.41 Å². The lowest BCUT2D eigenvalue weighted by Gasteiger charge is -2.26. The van der Waals surface area contributed by atoms with Crippen LogP contribution in [0.5, 0.6) is 0 Å². The Morgan fingerprint density at radius 3 is 3.12 bits per heavy atom. The number of hydrogen-bond donors (Lipinski definition) is 1. The maximum atomic E-state index is 12.0. The molecule has 16 heavy (non-hydrogen) atoms. The van der Waals surface area contributed by atoms with Gasteiger partial charge >= 0.3 is 5.97 Å². The average molecular weight is 239 g/mol. The number of thiophene rings is 1. The van der Waals surface area contributed by atoms with Crippen molar-refractivity contribution in [1.29, 1.82) is 0 Å². The van der Waals surface area contributed by atoms with Gasteiger partial charge in [0.1, 0.15) is 6.61 Å². The van der Waals surface area contributed by atoms with E-state index in [9.17, 15) is 4.79 Å². The summed E-state index contributed by atoms with van der Waals surface area (Å²) in [5, 5.41) is 1.98. The molecule has 0 amide bonds. The van der Waals surface area contributed by atoms with Gasteiger partial charge in [-0.05, 0) is 31.2 Å². The van der Waals surface area contributed by atoms with Crippen molar-refractivity contribution in [2.45, 2.75) is 38.8 Å². The zero-order chi connectivity index (χ0) is 11.6. The van der Waals surface area contributed by atoms with E-state index in [-0.39, 0.29) is 12.0 Å². The quantitative estimate of drug-likeness (QED) is 0.823. The molecule has 2 unspecified atom stereocenters. The van der Waals surface area contributed by atoms with Gasteiger partial charge in [0.15, 0.2) is 0 Å². The Hall–Kier alpha value is -0.870. The van der Waals surface area contributed by atoms with Crippen LogP contribution in [0.15, 0.2) is 17.5 Å². The summed E-state index contributed by atoms with van der Waals surface area (Å²) in [5.74, 6) is -0.147. The Labute approximate surface area is 99.6 Å². The number of ether oxygens (including phenoxy) is 1. The first-order valence-corrected chi connectivity index (χ1v) is 6.46. The lowest BCUT2D eigenvalue weighted by Crippen LogP contribution is -2.42. The highest BCUT2D eigenvalue weighted by Gasteiger charge is 2.44. The van der Waals surface area contributed by atoms with E-state index in [1.54, 1.807) is 11.3 Å². The van der Waals surface area contributed by atoms with Crippen LogP contribution in [0, 0.1) is 5.41 Å². The molecule has 1 aromatic heterocycles. The maximum absolute atomic E-state index is 12.0. The highest BCUT2D eigenvalue weighted by molar-refractivity contribution is 7.09. The molecule has 88 valence electrons. The van der Waals surface area contributed by atoms with E-state index >= 15 is 0 Å². The molecule has 1 saturated carbocycles. The molecule has 0 aromatic carbocycles. The van der Waals surface area contributed by atoms with Crippen molar-refractivity contribution in [2.24, 2.45) is 11.1 Å². The number of hydrogen-bond acceptors (Lipinski definition) is 4. The smallest absolute Gasteiger partial charge is 0.313 e. The van der Waals surface area contributed by atoms with Crippen molar-refractivity contribution >= 4 is 17.3 Å². The third-order valence-corrected chi connectivity index (χ3v) is 4.27. The van der Waals surface area contributed by atoms with Gasteiger partial charge in [-0.3, -0.25) is 4.79 Å². The largest absolute Gasteiger partial charge is 0.460 e. The number of rotatable bonds is 3. The fourth-order valence-corrected chi connectivity index (χ4v) is 2.76. The highest BCUT2D eigenvalue weighted by Crippen LogP contribution is 2.38. The molecule has 0 bridgehead atoms. The van der Waals surface area contributed by atoms with Crippen LogP contribution < -0.4 is 5.73 Å². The summed E-state index contributed by atoms with van der Waals surface area (Å²) in [4.78, 5) is 13.0. The minimum absolute atomic E-state index is 0.0525. The summed E-state index contributed by atoms with van der Waals surface area (Å²) >= 11 is 1.60. The molecule has 4 heteroatoms. The standard InChI is InChI=1S/C12H17NO2S/c1-12(6-2-5-10(12)13)11(14)15-8-9-4-3-7-16-9/h3-4,7,10H,2,5-6,8,13H2,1H3. The molecule has 2 rings (SSSR count). The van der Waals surface area contributed by atoms with Crippen LogP contribution in [0.1, 0.15) is 31.1 Å². The van der Waals surface area contributed by atoms with Gasteiger partial charge in [-0.1, -0.05) is 12.5 Å². The molecule has 0 radical (unpaired) electrons. The minimum Gasteiger partial charge on any atom is -0.460 e. The first-order valence-electron chi connectivity index (χ1n) is 5.58. The van der Waals surface area contributed by atoms with Gasteiger partial charge in [0.25, 0.3) is 0 Å². The minimum atomic E-state index is -0.475. The summed E-state index contributed by atoms with van der Waals surface area (Å²) in [6, 6.07) is 3.87. The van der Waals surface area contributed by atoms with Crippen LogP contribution in [0.25, 0.3) is 0 Å². The Bertz CT molecular complexity index is 363. The van der Waals surface area contributed by atoms with E-state index in [0.29, 0.717) is 6.61 Å². The van der Waals surface area contributed by atoms with Crippen LogP contribution in [-0.2, 0) is 16.1 Å². The first kappa shape index (κ1) is 11.6. The molecule has 3 nitrogen and oxygen atoms in total. The van der Waals surface area contributed by atoms with E-state index < -0.39 is 5.41 Å². The van der Waals surface area contributed by atoms with Crippen molar-refractivity contribution in [3.8, 4) is 0 Å². The van der Waals surface area contributed by atoms with E-state index in [1.807, 2.05) is 24.4 Å². The van der Waals surface area contributed by atoms with Crippen molar-refractivity contribution in [3.05, 3.63) is 22.4 Å². The SMILES string of the molecule is CC1(C(=O)OCc2cccs2)CCCC1N. The Kier molecular flexibility index (Phi) is 3.30. The maximum Gasteiger partial charge on any atom is 0.313 e. The second kappa shape index (κ2) is 4.55. The first-order chi connectivity index (χ1) is 7.63. The molecule has 0 saturated heterocycles. The Morgan fingerprint density at radius 1 is 1.75 bits per heavy atom. The molecule has 0 spiro atoms. The zero-order valence-electron chi connectivity index (χ0n) is 9.44. The Morgan fingerprint density at radius 2 is 2.56 bits per heavy atom. The summed E-state index contributed by atoms with van der Waals surface area (Å²) in [6.07, 6.45) is 2.79. The van der Waals surface area contributed by atoms with Gasteiger partial charge in [-0.25, -0.2) is 0 Å². The number of carbonyl (C=O) groups excluding carboxylic acids is 1. The second-order valence-electron chi connectivity index (χ2n) is 4.57. The van der Waals surface area contributed by atoms with E-state index in [1.165, 1.54) is 0 Å². The molecule has 2 atom stereocenters. The second-order valence-corrected chi connectivity index (χ2v) is 5.60. The molecule has 2 N–H and O–H groups in total. The van der Waals surface area contributed by atoms with Gasteiger partial charge in [-0.15, -0.1) is 11.3 Å². The lowest BCUT2D eigenvalue weighted by atomic mass is 9.85. The van der Waals surface area contributed by atoms with Crippen molar-refractivity contribution in [3.63, 3.8) is 0 Å². The number of esters is 1. The van der Waals surface area contributed by atoms with Crippen LogP contribution in [-0.4, -0.2) is 12.0 Å². The van der Waals surface area contributed by atoms with Crippen LogP contribution in [0.4, 0.5) is 0 Å². The molecular formula is C12H17NO2S. The Balaban J connectivity index is 1.93. The molecule has 1 aromatic rings. The molecule has 0 aliphatic heterocycles. The van der Waals surface area contributed by atoms with Crippen molar-refractivity contribution in [1.82, 2.24) is 0 Å². The van der Waals surface area contributed by atoms with Crippen LogP contribution in [0.3, 0.4) is 0 Å². The van der Waals surface area contributed by atoms with Crippen molar-refractivity contribution in [2.75, 3.05) is 0 Å². The molecule has 1 aliphatic carbocycles. The molecule has 1 fully saturated rings. The predicted molar refractivity (Wildman–Crippen MR) is 64.0 cm³/mol. The topological polar surface area (TPSA) is 52.3 Å². The van der Waals surface area contributed by atoms with Crippen molar-refractivity contribution < 1.29 is 9.53 Å². The summed E-state index contributed by atoms with van der Waals surface area (Å²) < 4.78 is 5.34. The fourth-order valence-electron chi connectivity index (χ4n) is 2.14. The normalized spacial score (nSPS) is 29.2. The van der Waals surface area contributed by atoms with E-state index in [4.69, 9.17) is 10.5 Å². The predicted octanol–water partition coefficient (Wildman–Crippen LogP) is 2.31. The van der Waals surface area contributed by atoms with Crippen LogP contribution in [0.2, 0.25) is 0 Å². The monoisotopic (exact) mass is 239 g/mol. The number of carbonyl (C=O) groups is 1. The summed E-state index contributed by atoms with van der Waals surface area (Å²) in [6.45, 7) is 2.29. The average Bonchev–Trinajstić information content (AvgIpc) is 2.87. The molecular weight excluding hydrogens is 222 g/mol. The van der Waals surface area contributed by atoms with Gasteiger partial charge in [-0.2, -0.15) is 0 Å². The van der Waals surface area contributed by atoms with Crippen LogP contribution >= 0.6 is 11.3 Å². The fraction of sp³-hybridized carbons (Fsp3) is 0.583. The highest BCUT2D eigenvalue weighted by atomic mass is 32.1.